The summed E-state index contributed by atoms with van der Waals surface area (Å²) in [5.74, 6) is 0. The number of pyridine rings is 4. The van der Waals surface area contributed by atoms with Gasteiger partial charge in [0.05, 0.1) is 22.1 Å². The molecule has 0 aliphatic heterocycles. The van der Waals surface area contributed by atoms with E-state index >= 15 is 0 Å². The van der Waals surface area contributed by atoms with E-state index in [-0.39, 0.29) is 15.1 Å². The van der Waals surface area contributed by atoms with Gasteiger partial charge in [0.1, 0.15) is 0 Å². The third-order valence-electron chi connectivity index (χ3n) is 4.69. The van der Waals surface area contributed by atoms with Gasteiger partial charge in [-0.25, -0.2) is 0 Å². The summed E-state index contributed by atoms with van der Waals surface area (Å²) in [4.78, 5) is 17.4. The number of hydrogen-bond acceptors (Lipinski definition) is 4. The van der Waals surface area contributed by atoms with Crippen LogP contribution in [0.2, 0.25) is 0 Å². The molecule has 0 N–H and O–H groups in total. The summed E-state index contributed by atoms with van der Waals surface area (Å²) in [7, 11) is 9.71. The zero-order chi connectivity index (χ0) is 21.5. The maximum atomic E-state index is 4.85. The molecule has 0 aliphatic rings. The smallest absolute Gasteiger partial charge is 0.0964 e. The molecule has 6 rings (SSSR count). The van der Waals surface area contributed by atoms with Crippen LogP contribution in [0.25, 0.3) is 43.6 Å². The first-order valence-electron chi connectivity index (χ1n) is 9.34. The van der Waals surface area contributed by atoms with Gasteiger partial charge >= 0.3 is 34.5 Å². The molecule has 0 saturated heterocycles. The Labute approximate surface area is 195 Å². The van der Waals surface area contributed by atoms with Crippen LogP contribution in [0.4, 0.5) is 0 Å². The molecular weight excluding hydrogens is 516 g/mol. The SMILES string of the molecule is [Cl][Ru][Cl].c1cnc2c(c1)ccc1cccnc12.c1cnc2c(c1)ccc1cccnc12. The number of aromatic nitrogens is 4. The van der Waals surface area contributed by atoms with Gasteiger partial charge in [-0.1, -0.05) is 48.5 Å². The van der Waals surface area contributed by atoms with Gasteiger partial charge in [0.25, 0.3) is 0 Å². The largest absolute Gasteiger partial charge is 0.254 e. The molecular formula is C24H16Cl2N4Ru. The monoisotopic (exact) mass is 532 g/mol. The third-order valence-corrected chi connectivity index (χ3v) is 4.69. The van der Waals surface area contributed by atoms with Gasteiger partial charge in [0, 0.05) is 46.3 Å². The number of halogens is 2. The minimum Gasteiger partial charge on any atom is -0.254 e. The average Bonchev–Trinajstić information content (AvgIpc) is 2.85. The van der Waals surface area contributed by atoms with Crippen LogP contribution in [0, 0.1) is 0 Å². The van der Waals surface area contributed by atoms with E-state index in [4.69, 9.17) is 19.4 Å². The van der Waals surface area contributed by atoms with Crippen molar-refractivity contribution < 1.29 is 15.1 Å². The summed E-state index contributed by atoms with van der Waals surface area (Å²) >= 11 is -0.346. The summed E-state index contributed by atoms with van der Waals surface area (Å²) < 4.78 is 0. The average molecular weight is 532 g/mol. The van der Waals surface area contributed by atoms with Crippen molar-refractivity contribution in [1.82, 2.24) is 19.9 Å². The molecule has 0 amide bonds. The van der Waals surface area contributed by atoms with Crippen LogP contribution in [0.3, 0.4) is 0 Å². The van der Waals surface area contributed by atoms with E-state index in [0.29, 0.717) is 0 Å². The van der Waals surface area contributed by atoms with E-state index < -0.39 is 0 Å². The molecule has 31 heavy (non-hydrogen) atoms. The number of benzene rings is 2. The molecule has 0 bridgehead atoms. The second-order valence-electron chi connectivity index (χ2n) is 6.48. The minimum absolute atomic E-state index is 0.346. The summed E-state index contributed by atoms with van der Waals surface area (Å²) in [6.07, 6.45) is 7.21. The maximum Gasteiger partial charge on any atom is 0.0964 e. The quantitative estimate of drug-likeness (QED) is 0.157. The molecule has 0 spiro atoms. The van der Waals surface area contributed by atoms with E-state index in [0.717, 1.165) is 43.6 Å². The Morgan fingerprint density at radius 2 is 0.645 bits per heavy atom. The zero-order valence-corrected chi connectivity index (χ0v) is 19.4. The van der Waals surface area contributed by atoms with E-state index in [1.54, 1.807) is 24.8 Å². The van der Waals surface area contributed by atoms with Crippen molar-refractivity contribution in [2.45, 2.75) is 0 Å². The molecule has 7 heteroatoms. The molecule has 6 aromatic rings. The van der Waals surface area contributed by atoms with E-state index in [2.05, 4.69) is 68.5 Å². The van der Waals surface area contributed by atoms with Crippen LogP contribution in [0.15, 0.2) is 97.6 Å². The van der Waals surface area contributed by atoms with Crippen LogP contribution in [0.5, 0.6) is 0 Å². The zero-order valence-electron chi connectivity index (χ0n) is 16.1. The fourth-order valence-electron chi connectivity index (χ4n) is 3.36. The van der Waals surface area contributed by atoms with E-state index in [1.807, 2.05) is 24.3 Å². The van der Waals surface area contributed by atoms with E-state index in [1.165, 1.54) is 0 Å². The topological polar surface area (TPSA) is 51.6 Å². The van der Waals surface area contributed by atoms with Crippen LogP contribution < -0.4 is 0 Å². The summed E-state index contributed by atoms with van der Waals surface area (Å²) in [6, 6.07) is 24.3. The summed E-state index contributed by atoms with van der Waals surface area (Å²) in [5, 5.41) is 4.55. The summed E-state index contributed by atoms with van der Waals surface area (Å²) in [5.41, 5.74) is 3.91. The molecule has 0 fully saturated rings. The van der Waals surface area contributed by atoms with E-state index in [9.17, 15) is 0 Å². The summed E-state index contributed by atoms with van der Waals surface area (Å²) in [6.45, 7) is 0. The molecule has 154 valence electrons. The maximum absolute atomic E-state index is 4.85. The Morgan fingerprint density at radius 3 is 0.871 bits per heavy atom. The number of fused-ring (bicyclic) bond motifs is 6. The molecule has 4 aromatic heterocycles. The standard InChI is InChI=1S/2C12H8N2.2ClH.Ru/c2*1-3-9-5-6-10-4-2-8-14-12(10)11(9)13-7-1;;;/h2*1-8H;2*1H;/q;;;;+2/p-2. The van der Waals surface area contributed by atoms with Gasteiger partial charge in [-0.2, -0.15) is 0 Å². The van der Waals surface area contributed by atoms with Gasteiger partial charge in [0.15, 0.2) is 0 Å². The van der Waals surface area contributed by atoms with Gasteiger partial charge in [-0.05, 0) is 24.3 Å². The first-order chi connectivity index (χ1) is 15.3. The van der Waals surface area contributed by atoms with Crippen molar-refractivity contribution in [1.29, 1.82) is 0 Å². The number of hydrogen-bond donors (Lipinski definition) is 0. The molecule has 0 atom stereocenters. The first-order valence-corrected chi connectivity index (χ1v) is 13.8. The van der Waals surface area contributed by atoms with Crippen molar-refractivity contribution in [2.75, 3.05) is 0 Å². The molecule has 0 unspecified atom stereocenters. The molecule has 2 aromatic carbocycles. The van der Waals surface area contributed by atoms with Crippen molar-refractivity contribution in [3.05, 3.63) is 97.6 Å². The van der Waals surface area contributed by atoms with Crippen LogP contribution in [0.1, 0.15) is 0 Å². The number of nitrogens with zero attached hydrogens (tertiary/aromatic N) is 4. The van der Waals surface area contributed by atoms with Crippen LogP contribution in [-0.2, 0) is 15.1 Å². The third kappa shape index (κ3) is 4.96. The van der Waals surface area contributed by atoms with Gasteiger partial charge in [0.2, 0.25) is 0 Å². The first kappa shape index (κ1) is 21.5. The second-order valence-corrected chi connectivity index (χ2v) is 9.12. The minimum atomic E-state index is -0.346. The van der Waals surface area contributed by atoms with Gasteiger partial charge < -0.3 is 0 Å². The predicted molar refractivity (Wildman–Crippen MR) is 126 cm³/mol. The number of rotatable bonds is 0. The second kappa shape index (κ2) is 10.5. The molecule has 4 nitrogen and oxygen atoms in total. The Kier molecular flexibility index (Phi) is 7.32. The van der Waals surface area contributed by atoms with Crippen molar-refractivity contribution >= 4 is 63.0 Å². The Morgan fingerprint density at radius 1 is 0.419 bits per heavy atom. The Bertz CT molecular complexity index is 1240. The molecule has 0 radical (unpaired) electrons. The van der Waals surface area contributed by atoms with Crippen LogP contribution >= 0.6 is 19.4 Å². The fraction of sp³-hybridized carbons (Fsp3) is 0. The van der Waals surface area contributed by atoms with Gasteiger partial charge in [-0.3, -0.25) is 19.9 Å². The molecule has 0 saturated carbocycles. The Balaban J connectivity index is 0.000000133. The predicted octanol–water partition coefficient (Wildman–Crippen LogP) is 6.94. The van der Waals surface area contributed by atoms with Crippen molar-refractivity contribution in [3.63, 3.8) is 0 Å². The normalized spacial score (nSPS) is 10.5. The van der Waals surface area contributed by atoms with Crippen molar-refractivity contribution in [3.8, 4) is 0 Å². The fourth-order valence-corrected chi connectivity index (χ4v) is 3.36. The van der Waals surface area contributed by atoms with Crippen molar-refractivity contribution in [2.24, 2.45) is 0 Å². The molecule has 0 aliphatic carbocycles. The Hall–Kier alpha value is -2.72. The van der Waals surface area contributed by atoms with Gasteiger partial charge in [-0.15, -0.1) is 0 Å². The molecule has 4 heterocycles. The van der Waals surface area contributed by atoms with Crippen LogP contribution in [-0.4, -0.2) is 19.9 Å².